The third-order valence-electron chi connectivity index (χ3n) is 2.75. The van der Waals surface area contributed by atoms with Crippen LogP contribution in [-0.2, 0) is 5.33 Å². The van der Waals surface area contributed by atoms with Crippen LogP contribution in [0.15, 0.2) is 40.9 Å². The van der Waals surface area contributed by atoms with Gasteiger partial charge < -0.3 is 4.74 Å². The van der Waals surface area contributed by atoms with Gasteiger partial charge in [0.2, 0.25) is 5.75 Å². The second kappa shape index (κ2) is 6.37. The Morgan fingerprint density at radius 3 is 2.65 bits per heavy atom. The van der Waals surface area contributed by atoms with Crippen LogP contribution in [0, 0.1) is 17.0 Å². The number of hydrogen-bond acceptors (Lipinski definition) is 3. The quantitative estimate of drug-likeness (QED) is 0.394. The van der Waals surface area contributed by atoms with Crippen LogP contribution in [0.5, 0.6) is 11.5 Å². The van der Waals surface area contributed by atoms with Crippen LogP contribution in [0.25, 0.3) is 0 Å². The number of ether oxygens (including phenoxy) is 1. The molecule has 0 N–H and O–H groups in total. The predicted octanol–water partition coefficient (Wildman–Crippen LogP) is 5.35. The molecule has 2 aromatic carbocycles. The molecule has 0 heterocycles. The van der Waals surface area contributed by atoms with Crippen LogP contribution < -0.4 is 4.74 Å². The Labute approximate surface area is 133 Å². The average molecular weight is 401 g/mol. The molecule has 0 fully saturated rings. The van der Waals surface area contributed by atoms with E-state index in [9.17, 15) is 10.1 Å². The Kier molecular flexibility index (Phi) is 4.77. The molecule has 0 atom stereocenters. The van der Waals surface area contributed by atoms with Crippen LogP contribution in [0.1, 0.15) is 11.1 Å². The maximum Gasteiger partial charge on any atom is 0.311 e. The van der Waals surface area contributed by atoms with E-state index in [0.717, 1.165) is 20.9 Å². The first-order chi connectivity index (χ1) is 9.52. The molecule has 0 saturated heterocycles. The SMILES string of the molecule is Cc1cccc([N+](=O)[O-])c1Oc1ccc(CBr)cc1Br. The third-order valence-corrected chi connectivity index (χ3v) is 4.02. The normalized spacial score (nSPS) is 10.3. The van der Waals surface area contributed by atoms with Crippen molar-refractivity contribution < 1.29 is 9.66 Å². The number of hydrogen-bond donors (Lipinski definition) is 0. The second-order valence-electron chi connectivity index (χ2n) is 4.18. The molecule has 0 bridgehead atoms. The molecule has 4 nitrogen and oxygen atoms in total. The molecule has 0 amide bonds. The van der Waals surface area contributed by atoms with Crippen LogP contribution in [-0.4, -0.2) is 4.92 Å². The van der Waals surface area contributed by atoms with Crippen molar-refractivity contribution in [2.45, 2.75) is 12.3 Å². The fourth-order valence-corrected chi connectivity index (χ4v) is 2.59. The molecule has 6 heteroatoms. The number of rotatable bonds is 4. The molecule has 0 aliphatic rings. The summed E-state index contributed by atoms with van der Waals surface area (Å²) in [4.78, 5) is 10.6. The summed E-state index contributed by atoms with van der Waals surface area (Å²) in [5, 5.41) is 11.8. The summed E-state index contributed by atoms with van der Waals surface area (Å²) in [5.41, 5.74) is 1.76. The van der Waals surface area contributed by atoms with Crippen molar-refractivity contribution in [2.75, 3.05) is 0 Å². The van der Waals surface area contributed by atoms with E-state index < -0.39 is 4.92 Å². The number of alkyl halides is 1. The number of aryl methyl sites for hydroxylation is 1. The lowest BCUT2D eigenvalue weighted by molar-refractivity contribution is -0.385. The molecule has 0 aliphatic heterocycles. The summed E-state index contributed by atoms with van der Waals surface area (Å²) in [6.45, 7) is 1.78. The fourth-order valence-electron chi connectivity index (χ4n) is 1.73. The molecule has 20 heavy (non-hydrogen) atoms. The standard InChI is InChI=1S/C14H11Br2NO3/c1-9-3-2-4-12(17(18)19)14(9)20-13-6-5-10(8-15)7-11(13)16/h2-7H,8H2,1H3. The smallest absolute Gasteiger partial charge is 0.311 e. The second-order valence-corrected chi connectivity index (χ2v) is 5.60. The van der Waals surface area contributed by atoms with Gasteiger partial charge in [-0.05, 0) is 46.1 Å². The van der Waals surface area contributed by atoms with E-state index in [1.165, 1.54) is 6.07 Å². The van der Waals surface area contributed by atoms with Crippen molar-refractivity contribution in [2.24, 2.45) is 0 Å². The van der Waals surface area contributed by atoms with Crippen LogP contribution in [0.2, 0.25) is 0 Å². The number of nitro groups is 1. The van der Waals surface area contributed by atoms with Crippen molar-refractivity contribution in [1.29, 1.82) is 0 Å². The molecule has 2 aromatic rings. The molecule has 0 aliphatic carbocycles. The summed E-state index contributed by atoms with van der Waals surface area (Å²) in [7, 11) is 0. The van der Waals surface area contributed by atoms with E-state index in [4.69, 9.17) is 4.74 Å². The first kappa shape index (κ1) is 15.0. The van der Waals surface area contributed by atoms with Gasteiger partial charge in [0.15, 0.2) is 0 Å². The van der Waals surface area contributed by atoms with E-state index in [0.29, 0.717) is 5.75 Å². The lowest BCUT2D eigenvalue weighted by atomic mass is 10.2. The van der Waals surface area contributed by atoms with Crippen molar-refractivity contribution in [1.82, 2.24) is 0 Å². The van der Waals surface area contributed by atoms with Crippen LogP contribution in [0.3, 0.4) is 0 Å². The minimum Gasteiger partial charge on any atom is -0.449 e. The highest BCUT2D eigenvalue weighted by molar-refractivity contribution is 9.10. The minimum atomic E-state index is -0.441. The molecular formula is C14H11Br2NO3. The van der Waals surface area contributed by atoms with Crippen LogP contribution in [0.4, 0.5) is 5.69 Å². The van der Waals surface area contributed by atoms with Gasteiger partial charge in [-0.1, -0.05) is 34.1 Å². The Bertz CT molecular complexity index is 659. The first-order valence-corrected chi connectivity index (χ1v) is 7.70. The zero-order valence-electron chi connectivity index (χ0n) is 10.6. The van der Waals surface area contributed by atoms with Gasteiger partial charge in [0.05, 0.1) is 9.40 Å². The predicted molar refractivity (Wildman–Crippen MR) is 84.7 cm³/mol. The highest BCUT2D eigenvalue weighted by Gasteiger charge is 2.18. The number of halogens is 2. The fraction of sp³-hybridized carbons (Fsp3) is 0.143. The van der Waals surface area contributed by atoms with Gasteiger partial charge >= 0.3 is 5.69 Å². The van der Waals surface area contributed by atoms with Gasteiger partial charge in [-0.25, -0.2) is 0 Å². The van der Waals surface area contributed by atoms with Gasteiger partial charge in [0.25, 0.3) is 0 Å². The van der Waals surface area contributed by atoms with Gasteiger partial charge in [-0.3, -0.25) is 10.1 Å². The van der Waals surface area contributed by atoms with Crippen LogP contribution >= 0.6 is 31.9 Å². The number of benzene rings is 2. The summed E-state index contributed by atoms with van der Waals surface area (Å²) in [5.74, 6) is 0.817. The number of para-hydroxylation sites is 1. The number of nitro benzene ring substituents is 1. The Hall–Kier alpha value is -1.40. The maximum absolute atomic E-state index is 11.1. The third kappa shape index (κ3) is 3.19. The number of nitrogens with zero attached hydrogens (tertiary/aromatic N) is 1. The summed E-state index contributed by atoms with van der Waals surface area (Å²) < 4.78 is 6.48. The molecule has 0 radical (unpaired) electrons. The lowest BCUT2D eigenvalue weighted by Gasteiger charge is -2.11. The van der Waals surface area contributed by atoms with Gasteiger partial charge in [0, 0.05) is 11.4 Å². The molecule has 104 valence electrons. The highest BCUT2D eigenvalue weighted by atomic mass is 79.9. The van der Waals surface area contributed by atoms with Gasteiger partial charge in [-0.15, -0.1) is 0 Å². The van der Waals surface area contributed by atoms with E-state index in [1.807, 2.05) is 12.1 Å². The zero-order valence-corrected chi connectivity index (χ0v) is 13.8. The Morgan fingerprint density at radius 2 is 2.05 bits per heavy atom. The monoisotopic (exact) mass is 399 g/mol. The summed E-state index contributed by atoms with van der Waals surface area (Å²) >= 11 is 6.79. The van der Waals surface area contributed by atoms with E-state index >= 15 is 0 Å². The maximum atomic E-state index is 11.1. The Morgan fingerprint density at radius 1 is 1.30 bits per heavy atom. The van der Waals surface area contributed by atoms with Crippen molar-refractivity contribution in [3.8, 4) is 11.5 Å². The molecule has 0 saturated carbocycles. The Balaban J connectivity index is 2.42. The van der Waals surface area contributed by atoms with Crippen molar-refractivity contribution in [3.63, 3.8) is 0 Å². The highest BCUT2D eigenvalue weighted by Crippen LogP contribution is 2.37. The van der Waals surface area contributed by atoms with E-state index in [1.54, 1.807) is 25.1 Å². The van der Waals surface area contributed by atoms with Gasteiger partial charge in [-0.2, -0.15) is 0 Å². The summed E-state index contributed by atoms with van der Waals surface area (Å²) in [6.07, 6.45) is 0. The molecular weight excluding hydrogens is 390 g/mol. The largest absolute Gasteiger partial charge is 0.449 e. The van der Waals surface area contributed by atoms with Gasteiger partial charge in [0.1, 0.15) is 5.75 Å². The molecule has 0 unspecified atom stereocenters. The average Bonchev–Trinajstić information content (AvgIpc) is 2.42. The van der Waals surface area contributed by atoms with Crippen molar-refractivity contribution >= 4 is 37.5 Å². The van der Waals surface area contributed by atoms with E-state index in [-0.39, 0.29) is 11.4 Å². The molecule has 0 aromatic heterocycles. The van der Waals surface area contributed by atoms with Crippen molar-refractivity contribution in [3.05, 3.63) is 62.1 Å². The topological polar surface area (TPSA) is 52.4 Å². The zero-order chi connectivity index (χ0) is 14.7. The minimum absolute atomic E-state index is 0.0403. The molecule has 0 spiro atoms. The first-order valence-electron chi connectivity index (χ1n) is 5.79. The lowest BCUT2D eigenvalue weighted by Crippen LogP contribution is -1.96. The summed E-state index contributed by atoms with van der Waals surface area (Å²) in [6, 6.07) is 10.5. The van der Waals surface area contributed by atoms with E-state index in [2.05, 4.69) is 31.9 Å². The molecule has 2 rings (SSSR count).